The molecular formula is C13H17ClN2O4S. The lowest BCUT2D eigenvalue weighted by Gasteiger charge is -2.34. The van der Waals surface area contributed by atoms with Crippen LogP contribution in [0.3, 0.4) is 0 Å². The normalized spacial score (nSPS) is 24.0. The molecule has 1 fully saturated rings. The van der Waals surface area contributed by atoms with E-state index in [1.807, 2.05) is 13.8 Å². The minimum absolute atomic E-state index is 0.0701. The van der Waals surface area contributed by atoms with E-state index in [1.54, 1.807) is 0 Å². The summed E-state index contributed by atoms with van der Waals surface area (Å²) in [5, 5.41) is 10.8. The first-order valence-electron chi connectivity index (χ1n) is 6.66. The molecule has 1 heterocycles. The van der Waals surface area contributed by atoms with Gasteiger partial charge in [-0.15, -0.1) is 0 Å². The maximum absolute atomic E-state index is 12.6. The summed E-state index contributed by atoms with van der Waals surface area (Å²) in [6.07, 6.45) is 0.979. The number of sulfonamides is 1. The fraction of sp³-hybridized carbons (Fsp3) is 0.538. The number of hydrogen-bond acceptors (Lipinski definition) is 4. The molecule has 0 amide bonds. The van der Waals surface area contributed by atoms with Crippen LogP contribution in [0.25, 0.3) is 0 Å². The first kappa shape index (κ1) is 16.2. The lowest BCUT2D eigenvalue weighted by atomic mass is 9.94. The van der Waals surface area contributed by atoms with Crippen LogP contribution < -0.4 is 0 Å². The highest BCUT2D eigenvalue weighted by Crippen LogP contribution is 2.31. The van der Waals surface area contributed by atoms with Gasteiger partial charge in [0.1, 0.15) is 5.02 Å². The van der Waals surface area contributed by atoms with Crippen molar-refractivity contribution in [3.63, 3.8) is 0 Å². The number of benzene rings is 1. The van der Waals surface area contributed by atoms with E-state index >= 15 is 0 Å². The van der Waals surface area contributed by atoms with Gasteiger partial charge in [-0.25, -0.2) is 8.42 Å². The van der Waals surface area contributed by atoms with Gasteiger partial charge in [0, 0.05) is 19.2 Å². The molecule has 6 nitrogen and oxygen atoms in total. The molecule has 0 aromatic heterocycles. The molecule has 0 radical (unpaired) electrons. The van der Waals surface area contributed by atoms with Gasteiger partial charge in [-0.3, -0.25) is 10.1 Å². The highest BCUT2D eigenvalue weighted by atomic mass is 35.5. The third kappa shape index (κ3) is 3.36. The van der Waals surface area contributed by atoms with Crippen molar-refractivity contribution in [2.75, 3.05) is 13.1 Å². The van der Waals surface area contributed by atoms with Crippen molar-refractivity contribution in [1.82, 2.24) is 4.31 Å². The minimum Gasteiger partial charge on any atom is -0.258 e. The zero-order chi connectivity index (χ0) is 15.8. The van der Waals surface area contributed by atoms with Crippen LogP contribution in [0.1, 0.15) is 20.3 Å². The van der Waals surface area contributed by atoms with Crippen LogP contribution in [0.2, 0.25) is 5.02 Å². The van der Waals surface area contributed by atoms with E-state index in [4.69, 9.17) is 11.6 Å². The second kappa shape index (κ2) is 5.90. The highest BCUT2D eigenvalue weighted by molar-refractivity contribution is 7.89. The number of nitro groups is 1. The minimum atomic E-state index is -3.73. The first-order valence-corrected chi connectivity index (χ1v) is 8.47. The van der Waals surface area contributed by atoms with Gasteiger partial charge in [-0.05, 0) is 30.4 Å². The van der Waals surface area contributed by atoms with Crippen molar-refractivity contribution < 1.29 is 13.3 Å². The van der Waals surface area contributed by atoms with Gasteiger partial charge in [0.15, 0.2) is 0 Å². The van der Waals surface area contributed by atoms with Crippen molar-refractivity contribution in [3.8, 4) is 0 Å². The van der Waals surface area contributed by atoms with Crippen molar-refractivity contribution >= 4 is 27.3 Å². The zero-order valence-electron chi connectivity index (χ0n) is 11.8. The largest absolute Gasteiger partial charge is 0.289 e. The molecule has 1 aromatic rings. The standard InChI is InChI=1S/C13H17ClN2O4S/c1-9-5-10(2)8-15(7-9)21(19,20)11-3-4-12(14)13(6-11)16(17)18/h3-4,6,9-10H,5,7-8H2,1-2H3/t9-,10-/m1/s1. The van der Waals surface area contributed by atoms with Gasteiger partial charge in [0.25, 0.3) is 5.69 Å². The van der Waals surface area contributed by atoms with Crippen LogP contribution in [0.15, 0.2) is 23.1 Å². The summed E-state index contributed by atoms with van der Waals surface area (Å²) >= 11 is 5.72. The average Bonchev–Trinajstić information content (AvgIpc) is 2.37. The van der Waals surface area contributed by atoms with Crippen LogP contribution in [0.5, 0.6) is 0 Å². The molecule has 1 aliphatic heterocycles. The molecule has 0 unspecified atom stereocenters. The summed E-state index contributed by atoms with van der Waals surface area (Å²) < 4.78 is 26.7. The van der Waals surface area contributed by atoms with Crippen molar-refractivity contribution in [2.24, 2.45) is 11.8 Å². The smallest absolute Gasteiger partial charge is 0.258 e. The van der Waals surface area contributed by atoms with Gasteiger partial charge in [-0.1, -0.05) is 25.4 Å². The molecule has 0 N–H and O–H groups in total. The lowest BCUT2D eigenvalue weighted by Crippen LogP contribution is -2.42. The van der Waals surface area contributed by atoms with E-state index < -0.39 is 20.6 Å². The Morgan fingerprint density at radius 2 is 1.86 bits per heavy atom. The van der Waals surface area contributed by atoms with Gasteiger partial charge in [-0.2, -0.15) is 4.31 Å². The Bertz CT molecular complexity index is 652. The molecule has 21 heavy (non-hydrogen) atoms. The van der Waals surface area contributed by atoms with Crippen molar-refractivity contribution in [2.45, 2.75) is 25.2 Å². The number of halogens is 1. The molecular weight excluding hydrogens is 316 g/mol. The fourth-order valence-corrected chi connectivity index (χ4v) is 4.63. The molecule has 0 bridgehead atoms. The highest BCUT2D eigenvalue weighted by Gasteiger charge is 2.32. The molecule has 1 aliphatic rings. The Labute approximate surface area is 128 Å². The van der Waals surface area contributed by atoms with Crippen LogP contribution >= 0.6 is 11.6 Å². The fourth-order valence-electron chi connectivity index (χ4n) is 2.74. The van der Waals surface area contributed by atoms with Crippen molar-refractivity contribution in [3.05, 3.63) is 33.3 Å². The average molecular weight is 333 g/mol. The van der Waals surface area contributed by atoms with E-state index in [0.717, 1.165) is 12.5 Å². The lowest BCUT2D eigenvalue weighted by molar-refractivity contribution is -0.384. The van der Waals surface area contributed by atoms with Gasteiger partial charge in [0.05, 0.1) is 9.82 Å². The molecule has 2 rings (SSSR count). The number of rotatable bonds is 3. The molecule has 1 saturated heterocycles. The molecule has 1 aromatic carbocycles. The number of piperidine rings is 1. The number of hydrogen-bond donors (Lipinski definition) is 0. The van der Waals surface area contributed by atoms with Gasteiger partial charge >= 0.3 is 0 Å². The zero-order valence-corrected chi connectivity index (χ0v) is 13.4. The predicted molar refractivity (Wildman–Crippen MR) is 79.8 cm³/mol. The monoisotopic (exact) mass is 332 g/mol. The number of nitrogens with zero attached hydrogens (tertiary/aromatic N) is 2. The summed E-state index contributed by atoms with van der Waals surface area (Å²) in [5.41, 5.74) is -0.393. The molecule has 0 spiro atoms. The van der Waals surface area contributed by atoms with Gasteiger partial charge < -0.3 is 0 Å². The third-order valence-electron chi connectivity index (χ3n) is 3.59. The van der Waals surface area contributed by atoms with E-state index in [0.29, 0.717) is 13.1 Å². The molecule has 116 valence electrons. The quantitative estimate of drug-likeness (QED) is 0.629. The second-order valence-electron chi connectivity index (χ2n) is 5.64. The van der Waals surface area contributed by atoms with E-state index in [2.05, 4.69) is 0 Å². The Morgan fingerprint density at radius 3 is 2.38 bits per heavy atom. The Hall–Kier alpha value is -1.18. The van der Waals surface area contributed by atoms with Crippen molar-refractivity contribution in [1.29, 1.82) is 0 Å². The Kier molecular flexibility index (Phi) is 4.55. The summed E-state index contributed by atoms with van der Waals surface area (Å²) in [5.74, 6) is 0.539. The molecule has 8 heteroatoms. The van der Waals surface area contributed by atoms with Crippen LogP contribution in [0.4, 0.5) is 5.69 Å². The summed E-state index contributed by atoms with van der Waals surface area (Å²) in [7, 11) is -3.73. The third-order valence-corrected chi connectivity index (χ3v) is 5.73. The summed E-state index contributed by atoms with van der Waals surface area (Å²) in [6, 6.07) is 3.60. The van der Waals surface area contributed by atoms with E-state index in [-0.39, 0.29) is 21.8 Å². The van der Waals surface area contributed by atoms with Crippen LogP contribution in [-0.2, 0) is 10.0 Å². The number of nitro benzene ring substituents is 1. The Balaban J connectivity index is 2.40. The van der Waals surface area contributed by atoms with Crippen LogP contribution in [0, 0.1) is 22.0 Å². The van der Waals surface area contributed by atoms with E-state index in [1.165, 1.54) is 16.4 Å². The second-order valence-corrected chi connectivity index (χ2v) is 7.98. The Morgan fingerprint density at radius 1 is 1.29 bits per heavy atom. The maximum atomic E-state index is 12.6. The summed E-state index contributed by atoms with van der Waals surface area (Å²) in [6.45, 7) is 4.87. The predicted octanol–water partition coefficient (Wildman–Crippen LogP) is 2.91. The van der Waals surface area contributed by atoms with Crippen LogP contribution in [-0.4, -0.2) is 30.7 Å². The maximum Gasteiger partial charge on any atom is 0.289 e. The molecule has 0 aliphatic carbocycles. The summed E-state index contributed by atoms with van der Waals surface area (Å²) in [4.78, 5) is 10.1. The topological polar surface area (TPSA) is 80.5 Å². The first-order chi connectivity index (χ1) is 9.71. The van der Waals surface area contributed by atoms with E-state index in [9.17, 15) is 18.5 Å². The van der Waals surface area contributed by atoms with Gasteiger partial charge in [0.2, 0.25) is 10.0 Å². The molecule has 0 saturated carbocycles. The SMILES string of the molecule is C[C@@H]1C[C@@H](C)CN(S(=O)(=O)c2ccc(Cl)c([N+](=O)[O-])c2)C1. The molecule has 2 atom stereocenters.